The van der Waals surface area contributed by atoms with Crippen molar-refractivity contribution >= 4 is 46.6 Å². The Morgan fingerprint density at radius 3 is 2.59 bits per heavy atom. The number of aromatic nitrogens is 3. The summed E-state index contributed by atoms with van der Waals surface area (Å²) < 4.78 is 1.82. The van der Waals surface area contributed by atoms with Gasteiger partial charge in [-0.2, -0.15) is 0 Å². The molecule has 0 aliphatic rings. The normalized spacial score (nSPS) is 10.9. The molecule has 0 fully saturated rings. The Balaban J connectivity index is 1.69. The van der Waals surface area contributed by atoms with Gasteiger partial charge in [0, 0.05) is 12.6 Å². The van der Waals surface area contributed by atoms with E-state index in [2.05, 4.69) is 15.5 Å². The number of nitrogens with one attached hydrogen (secondary N) is 1. The van der Waals surface area contributed by atoms with Crippen LogP contribution in [0.15, 0.2) is 41.6 Å². The summed E-state index contributed by atoms with van der Waals surface area (Å²) in [6.45, 7) is 3.88. The Morgan fingerprint density at radius 1 is 1.15 bits per heavy atom. The van der Waals surface area contributed by atoms with Gasteiger partial charge in [0.15, 0.2) is 11.0 Å². The van der Waals surface area contributed by atoms with E-state index in [0.29, 0.717) is 26.7 Å². The predicted octanol–water partition coefficient (Wildman–Crippen LogP) is 5.14. The fourth-order valence-electron chi connectivity index (χ4n) is 2.70. The monoisotopic (exact) mass is 420 g/mol. The van der Waals surface area contributed by atoms with Gasteiger partial charge in [-0.3, -0.25) is 4.79 Å². The van der Waals surface area contributed by atoms with E-state index in [0.717, 1.165) is 16.7 Å². The highest BCUT2D eigenvalue weighted by atomic mass is 35.5. The molecular weight excluding hydrogens is 403 g/mol. The van der Waals surface area contributed by atoms with E-state index in [-0.39, 0.29) is 11.7 Å². The molecule has 0 saturated heterocycles. The van der Waals surface area contributed by atoms with Crippen LogP contribution in [0.5, 0.6) is 0 Å². The van der Waals surface area contributed by atoms with Crippen LogP contribution in [-0.2, 0) is 11.8 Å². The first-order valence-electron chi connectivity index (χ1n) is 8.20. The molecule has 1 heterocycles. The molecule has 0 aliphatic heterocycles. The maximum atomic E-state index is 12.3. The average molecular weight is 421 g/mol. The van der Waals surface area contributed by atoms with Crippen LogP contribution < -0.4 is 5.32 Å². The first-order chi connectivity index (χ1) is 12.9. The van der Waals surface area contributed by atoms with Crippen LogP contribution >= 0.6 is 35.0 Å². The standard InChI is InChI=1S/C19H18Cl2N4OS/c1-11-8-12(2)17(15(21)9-11)22-16(26)10-27-19-24-23-18(25(19)3)13-6-4-5-7-14(13)20/h4-9H,10H2,1-3H3,(H,22,26). The molecular formula is C19H18Cl2N4OS. The van der Waals surface area contributed by atoms with Gasteiger partial charge in [-0.1, -0.05) is 53.2 Å². The van der Waals surface area contributed by atoms with E-state index in [4.69, 9.17) is 23.2 Å². The molecule has 1 aromatic heterocycles. The lowest BCUT2D eigenvalue weighted by Gasteiger charge is -2.11. The van der Waals surface area contributed by atoms with Crippen molar-refractivity contribution in [3.63, 3.8) is 0 Å². The smallest absolute Gasteiger partial charge is 0.234 e. The third-order valence-corrected chi connectivity index (χ3v) is 5.63. The number of carbonyl (C=O) groups is 1. The van der Waals surface area contributed by atoms with Crippen LogP contribution in [0.25, 0.3) is 11.4 Å². The number of hydrogen-bond donors (Lipinski definition) is 1. The first-order valence-corrected chi connectivity index (χ1v) is 9.94. The van der Waals surface area contributed by atoms with Gasteiger partial charge in [-0.25, -0.2) is 0 Å². The summed E-state index contributed by atoms with van der Waals surface area (Å²) in [5.74, 6) is 0.690. The van der Waals surface area contributed by atoms with E-state index in [1.54, 1.807) is 6.07 Å². The van der Waals surface area contributed by atoms with Crippen LogP contribution in [0.2, 0.25) is 10.0 Å². The van der Waals surface area contributed by atoms with E-state index in [1.165, 1.54) is 11.8 Å². The van der Waals surface area contributed by atoms with Crippen LogP contribution in [0, 0.1) is 13.8 Å². The lowest BCUT2D eigenvalue weighted by molar-refractivity contribution is -0.113. The van der Waals surface area contributed by atoms with Crippen molar-refractivity contribution in [3.05, 3.63) is 57.6 Å². The summed E-state index contributed by atoms with van der Waals surface area (Å²) in [6, 6.07) is 11.3. The molecule has 0 saturated carbocycles. The number of hydrogen-bond acceptors (Lipinski definition) is 4. The quantitative estimate of drug-likeness (QED) is 0.580. The Labute approximate surface area is 172 Å². The van der Waals surface area contributed by atoms with Crippen molar-refractivity contribution in [2.45, 2.75) is 19.0 Å². The topological polar surface area (TPSA) is 59.8 Å². The molecule has 140 valence electrons. The van der Waals surface area contributed by atoms with Gasteiger partial charge < -0.3 is 9.88 Å². The molecule has 0 aliphatic carbocycles. The van der Waals surface area contributed by atoms with Crippen molar-refractivity contribution in [2.75, 3.05) is 11.1 Å². The second kappa shape index (κ2) is 8.33. The molecule has 0 bridgehead atoms. The Kier molecular flexibility index (Phi) is 6.09. The minimum atomic E-state index is -0.156. The lowest BCUT2D eigenvalue weighted by atomic mass is 10.1. The molecule has 2 aromatic carbocycles. The number of carbonyl (C=O) groups excluding carboxylic acids is 1. The molecule has 1 N–H and O–H groups in total. The molecule has 0 spiro atoms. The number of rotatable bonds is 5. The summed E-state index contributed by atoms with van der Waals surface area (Å²) in [5, 5.41) is 13.0. The molecule has 3 aromatic rings. The van der Waals surface area contributed by atoms with E-state index >= 15 is 0 Å². The molecule has 27 heavy (non-hydrogen) atoms. The van der Waals surface area contributed by atoms with Gasteiger partial charge in [0.2, 0.25) is 5.91 Å². The van der Waals surface area contributed by atoms with Crippen molar-refractivity contribution in [2.24, 2.45) is 7.05 Å². The van der Waals surface area contributed by atoms with Crippen molar-refractivity contribution < 1.29 is 4.79 Å². The fraction of sp³-hybridized carbons (Fsp3) is 0.211. The SMILES string of the molecule is Cc1cc(C)c(NC(=O)CSc2nnc(-c3ccccc3Cl)n2C)c(Cl)c1. The maximum Gasteiger partial charge on any atom is 0.234 e. The summed E-state index contributed by atoms with van der Waals surface area (Å²) >= 11 is 13.8. The van der Waals surface area contributed by atoms with Gasteiger partial charge >= 0.3 is 0 Å². The molecule has 5 nitrogen and oxygen atoms in total. The number of anilines is 1. The van der Waals surface area contributed by atoms with E-state index in [9.17, 15) is 4.79 Å². The number of aryl methyl sites for hydroxylation is 2. The third kappa shape index (κ3) is 4.46. The van der Waals surface area contributed by atoms with Crippen molar-refractivity contribution in [3.8, 4) is 11.4 Å². The zero-order valence-corrected chi connectivity index (χ0v) is 17.4. The van der Waals surface area contributed by atoms with Crippen molar-refractivity contribution in [1.29, 1.82) is 0 Å². The molecule has 8 heteroatoms. The molecule has 0 radical (unpaired) electrons. The Morgan fingerprint density at radius 2 is 1.89 bits per heavy atom. The maximum absolute atomic E-state index is 12.3. The fourth-order valence-corrected chi connectivity index (χ4v) is 4.00. The van der Waals surface area contributed by atoms with Crippen LogP contribution in [0.4, 0.5) is 5.69 Å². The highest BCUT2D eigenvalue weighted by Crippen LogP contribution is 2.29. The number of thioether (sulfide) groups is 1. The Hall–Kier alpha value is -2.02. The number of halogens is 2. The van der Waals surface area contributed by atoms with Crippen molar-refractivity contribution in [1.82, 2.24) is 14.8 Å². The first kappa shape index (κ1) is 19.7. The summed E-state index contributed by atoms with van der Waals surface area (Å²) in [7, 11) is 1.85. The number of benzene rings is 2. The largest absolute Gasteiger partial charge is 0.324 e. The minimum Gasteiger partial charge on any atom is -0.324 e. The van der Waals surface area contributed by atoms with Gasteiger partial charge in [0.05, 0.1) is 21.5 Å². The van der Waals surface area contributed by atoms with Gasteiger partial charge in [0.1, 0.15) is 0 Å². The highest BCUT2D eigenvalue weighted by Gasteiger charge is 2.16. The van der Waals surface area contributed by atoms with Crippen LogP contribution in [0.3, 0.4) is 0 Å². The third-order valence-electron chi connectivity index (χ3n) is 3.98. The second-order valence-corrected chi connectivity index (χ2v) is 7.88. The molecule has 3 rings (SSSR count). The number of nitrogens with zero attached hydrogens (tertiary/aromatic N) is 3. The Bertz CT molecular complexity index is 980. The lowest BCUT2D eigenvalue weighted by Crippen LogP contribution is -2.15. The minimum absolute atomic E-state index is 0.156. The van der Waals surface area contributed by atoms with Gasteiger partial charge in [-0.05, 0) is 43.2 Å². The number of amides is 1. The summed E-state index contributed by atoms with van der Waals surface area (Å²) in [5.41, 5.74) is 3.42. The zero-order chi connectivity index (χ0) is 19.6. The molecule has 0 unspecified atom stereocenters. The zero-order valence-electron chi connectivity index (χ0n) is 15.1. The van der Waals surface area contributed by atoms with Gasteiger partial charge in [-0.15, -0.1) is 10.2 Å². The van der Waals surface area contributed by atoms with E-state index in [1.807, 2.05) is 55.8 Å². The van der Waals surface area contributed by atoms with E-state index < -0.39 is 0 Å². The molecule has 1 amide bonds. The van der Waals surface area contributed by atoms with Crippen LogP contribution in [0.1, 0.15) is 11.1 Å². The highest BCUT2D eigenvalue weighted by molar-refractivity contribution is 7.99. The summed E-state index contributed by atoms with van der Waals surface area (Å²) in [6.07, 6.45) is 0. The van der Waals surface area contributed by atoms with Gasteiger partial charge in [0.25, 0.3) is 0 Å². The molecule has 0 atom stereocenters. The second-order valence-electron chi connectivity index (χ2n) is 6.12. The van der Waals surface area contributed by atoms with Crippen LogP contribution in [-0.4, -0.2) is 26.4 Å². The average Bonchev–Trinajstić information content (AvgIpc) is 2.97. The predicted molar refractivity (Wildman–Crippen MR) is 112 cm³/mol. The summed E-state index contributed by atoms with van der Waals surface area (Å²) in [4.78, 5) is 12.3.